The van der Waals surface area contributed by atoms with Crippen molar-refractivity contribution in [3.8, 4) is 0 Å². The topological polar surface area (TPSA) is 89.3 Å². The Labute approximate surface area is 112 Å². The SMILES string of the molecule is Cc1cc(C(=O)NCCOCC2CC2)cc(NN)n1. The first-order chi connectivity index (χ1) is 9.19. The first-order valence-corrected chi connectivity index (χ1v) is 6.50. The van der Waals surface area contributed by atoms with Crippen LogP contribution in [0, 0.1) is 12.8 Å². The van der Waals surface area contributed by atoms with E-state index >= 15 is 0 Å². The summed E-state index contributed by atoms with van der Waals surface area (Å²) in [6.07, 6.45) is 2.55. The fourth-order valence-electron chi connectivity index (χ4n) is 1.75. The number of amides is 1. The van der Waals surface area contributed by atoms with E-state index in [1.165, 1.54) is 12.8 Å². The smallest absolute Gasteiger partial charge is 0.251 e. The van der Waals surface area contributed by atoms with Crippen LogP contribution in [-0.2, 0) is 4.74 Å². The Hall–Kier alpha value is -1.66. The van der Waals surface area contributed by atoms with Crippen molar-refractivity contribution in [2.75, 3.05) is 25.2 Å². The fraction of sp³-hybridized carbons (Fsp3) is 0.538. The molecular weight excluding hydrogens is 244 g/mol. The molecule has 104 valence electrons. The van der Waals surface area contributed by atoms with E-state index in [0.29, 0.717) is 24.5 Å². The maximum absolute atomic E-state index is 11.9. The minimum absolute atomic E-state index is 0.142. The first-order valence-electron chi connectivity index (χ1n) is 6.50. The number of hydrogen-bond acceptors (Lipinski definition) is 5. The minimum atomic E-state index is -0.142. The molecule has 4 N–H and O–H groups in total. The number of nitrogen functional groups attached to an aromatic ring is 1. The lowest BCUT2D eigenvalue weighted by Crippen LogP contribution is -2.27. The van der Waals surface area contributed by atoms with Gasteiger partial charge >= 0.3 is 0 Å². The van der Waals surface area contributed by atoms with Crippen molar-refractivity contribution >= 4 is 11.7 Å². The zero-order valence-corrected chi connectivity index (χ0v) is 11.1. The molecule has 1 heterocycles. The molecule has 6 nitrogen and oxygen atoms in total. The molecule has 1 aliphatic rings. The fourth-order valence-corrected chi connectivity index (χ4v) is 1.75. The van der Waals surface area contributed by atoms with Gasteiger partial charge in [-0.2, -0.15) is 0 Å². The minimum Gasteiger partial charge on any atom is -0.379 e. The lowest BCUT2D eigenvalue weighted by molar-refractivity contribution is 0.0906. The molecule has 1 saturated carbocycles. The zero-order chi connectivity index (χ0) is 13.7. The number of rotatable bonds is 7. The van der Waals surface area contributed by atoms with Crippen LogP contribution < -0.4 is 16.6 Å². The van der Waals surface area contributed by atoms with Gasteiger partial charge in [-0.3, -0.25) is 4.79 Å². The largest absolute Gasteiger partial charge is 0.379 e. The van der Waals surface area contributed by atoms with Crippen molar-refractivity contribution in [1.82, 2.24) is 10.3 Å². The highest BCUT2D eigenvalue weighted by molar-refractivity contribution is 5.94. The number of carbonyl (C=O) groups excluding carboxylic acids is 1. The summed E-state index contributed by atoms with van der Waals surface area (Å²) >= 11 is 0. The Morgan fingerprint density at radius 3 is 3.00 bits per heavy atom. The van der Waals surface area contributed by atoms with Crippen molar-refractivity contribution in [2.24, 2.45) is 11.8 Å². The maximum atomic E-state index is 11.9. The predicted molar refractivity (Wildman–Crippen MR) is 72.7 cm³/mol. The van der Waals surface area contributed by atoms with Gasteiger partial charge in [0.15, 0.2) is 0 Å². The van der Waals surface area contributed by atoms with Crippen LogP contribution in [0.1, 0.15) is 28.9 Å². The van der Waals surface area contributed by atoms with Crippen LogP contribution >= 0.6 is 0 Å². The number of ether oxygens (including phenoxy) is 1. The second kappa shape index (κ2) is 6.49. The Kier molecular flexibility index (Phi) is 4.70. The third kappa shape index (κ3) is 4.50. The molecule has 0 spiro atoms. The molecule has 0 atom stereocenters. The number of hydrogen-bond donors (Lipinski definition) is 3. The Morgan fingerprint density at radius 1 is 1.53 bits per heavy atom. The molecule has 1 aromatic heterocycles. The van der Waals surface area contributed by atoms with Gasteiger partial charge in [0.1, 0.15) is 5.82 Å². The Morgan fingerprint density at radius 2 is 2.32 bits per heavy atom. The average Bonchev–Trinajstić information content (AvgIpc) is 3.21. The van der Waals surface area contributed by atoms with E-state index in [1.807, 2.05) is 6.92 Å². The summed E-state index contributed by atoms with van der Waals surface area (Å²) in [4.78, 5) is 16.0. The molecule has 1 fully saturated rings. The van der Waals surface area contributed by atoms with Crippen LogP contribution in [0.4, 0.5) is 5.82 Å². The van der Waals surface area contributed by atoms with E-state index < -0.39 is 0 Å². The Balaban J connectivity index is 1.76. The highest BCUT2D eigenvalue weighted by Crippen LogP contribution is 2.28. The van der Waals surface area contributed by atoms with Crippen LogP contribution in [0.25, 0.3) is 0 Å². The second-order valence-electron chi connectivity index (χ2n) is 4.80. The number of aromatic nitrogens is 1. The maximum Gasteiger partial charge on any atom is 0.251 e. The monoisotopic (exact) mass is 264 g/mol. The molecule has 0 radical (unpaired) electrons. The summed E-state index contributed by atoms with van der Waals surface area (Å²) in [5, 5.41) is 2.81. The van der Waals surface area contributed by atoms with Gasteiger partial charge in [-0.15, -0.1) is 0 Å². The molecule has 0 aromatic carbocycles. The van der Waals surface area contributed by atoms with E-state index in [-0.39, 0.29) is 5.91 Å². The molecule has 6 heteroatoms. The second-order valence-corrected chi connectivity index (χ2v) is 4.80. The average molecular weight is 264 g/mol. The zero-order valence-electron chi connectivity index (χ0n) is 11.1. The van der Waals surface area contributed by atoms with Gasteiger partial charge in [-0.1, -0.05) is 0 Å². The first kappa shape index (κ1) is 13.8. The van der Waals surface area contributed by atoms with Crippen molar-refractivity contribution in [3.63, 3.8) is 0 Å². The molecule has 1 aliphatic carbocycles. The molecule has 0 aliphatic heterocycles. The van der Waals surface area contributed by atoms with E-state index in [2.05, 4.69) is 15.7 Å². The highest BCUT2D eigenvalue weighted by atomic mass is 16.5. The summed E-state index contributed by atoms with van der Waals surface area (Å²) in [7, 11) is 0. The highest BCUT2D eigenvalue weighted by Gasteiger charge is 2.20. The van der Waals surface area contributed by atoms with Gasteiger partial charge in [0.25, 0.3) is 5.91 Å². The van der Waals surface area contributed by atoms with E-state index in [0.717, 1.165) is 18.2 Å². The normalized spacial score (nSPS) is 14.2. The number of hydrazine groups is 1. The van der Waals surface area contributed by atoms with E-state index in [4.69, 9.17) is 10.6 Å². The summed E-state index contributed by atoms with van der Waals surface area (Å²) in [6, 6.07) is 3.34. The van der Waals surface area contributed by atoms with Crippen molar-refractivity contribution < 1.29 is 9.53 Å². The van der Waals surface area contributed by atoms with Crippen LogP contribution in [0.15, 0.2) is 12.1 Å². The lowest BCUT2D eigenvalue weighted by Gasteiger charge is -2.08. The lowest BCUT2D eigenvalue weighted by atomic mass is 10.2. The van der Waals surface area contributed by atoms with Gasteiger partial charge in [0.05, 0.1) is 6.61 Å². The number of carbonyl (C=O) groups is 1. The molecule has 0 saturated heterocycles. The summed E-state index contributed by atoms with van der Waals surface area (Å²) in [6.45, 7) is 3.69. The van der Waals surface area contributed by atoms with Gasteiger partial charge in [-0.25, -0.2) is 10.8 Å². The molecule has 0 bridgehead atoms. The molecule has 19 heavy (non-hydrogen) atoms. The number of nitrogens with zero attached hydrogens (tertiary/aromatic N) is 1. The summed E-state index contributed by atoms with van der Waals surface area (Å²) in [5.41, 5.74) is 3.73. The van der Waals surface area contributed by atoms with E-state index in [1.54, 1.807) is 12.1 Å². The number of anilines is 1. The van der Waals surface area contributed by atoms with Gasteiger partial charge in [0, 0.05) is 24.4 Å². The van der Waals surface area contributed by atoms with Crippen molar-refractivity contribution in [3.05, 3.63) is 23.4 Å². The molecule has 0 unspecified atom stereocenters. The van der Waals surface area contributed by atoms with Gasteiger partial charge in [0.2, 0.25) is 0 Å². The molecule has 2 rings (SSSR count). The number of nitrogens with two attached hydrogens (primary N) is 1. The molecule has 1 aromatic rings. The van der Waals surface area contributed by atoms with Crippen molar-refractivity contribution in [2.45, 2.75) is 19.8 Å². The van der Waals surface area contributed by atoms with Gasteiger partial charge in [-0.05, 0) is 37.8 Å². The van der Waals surface area contributed by atoms with Crippen LogP contribution in [0.2, 0.25) is 0 Å². The van der Waals surface area contributed by atoms with Crippen molar-refractivity contribution in [1.29, 1.82) is 0 Å². The van der Waals surface area contributed by atoms with Crippen LogP contribution in [0.5, 0.6) is 0 Å². The third-order valence-electron chi connectivity index (χ3n) is 2.95. The number of pyridine rings is 1. The summed E-state index contributed by atoms with van der Waals surface area (Å²) < 4.78 is 5.45. The van der Waals surface area contributed by atoms with Crippen LogP contribution in [0.3, 0.4) is 0 Å². The molecule has 1 amide bonds. The van der Waals surface area contributed by atoms with Crippen LogP contribution in [-0.4, -0.2) is 30.6 Å². The quantitative estimate of drug-likeness (QED) is 0.385. The third-order valence-corrected chi connectivity index (χ3v) is 2.95. The number of aryl methyl sites for hydroxylation is 1. The molecular formula is C13H20N4O2. The van der Waals surface area contributed by atoms with E-state index in [9.17, 15) is 4.79 Å². The van der Waals surface area contributed by atoms with Gasteiger partial charge < -0.3 is 15.5 Å². The number of nitrogens with one attached hydrogen (secondary N) is 2. The Bertz CT molecular complexity index is 446. The standard InChI is InChI=1S/C13H20N4O2/c1-9-6-11(7-12(16-9)17-14)13(18)15-4-5-19-8-10-2-3-10/h6-7,10H,2-5,8,14H2,1H3,(H,15,18)(H,16,17). The predicted octanol–water partition coefficient (Wildman–Crippen LogP) is 0.832. The summed E-state index contributed by atoms with van der Waals surface area (Å²) in [5.74, 6) is 6.38.